The van der Waals surface area contributed by atoms with Crippen molar-refractivity contribution in [1.82, 2.24) is 0 Å². The van der Waals surface area contributed by atoms with Gasteiger partial charge >= 0.3 is 0 Å². The molecule has 2 heteroatoms. The van der Waals surface area contributed by atoms with Crippen molar-refractivity contribution >= 4 is 15.9 Å². The maximum atomic E-state index is 5.44. The minimum absolute atomic E-state index is 0.214. The van der Waals surface area contributed by atoms with E-state index in [1.54, 1.807) is 7.11 Å². The maximum absolute atomic E-state index is 5.44. The third-order valence-electron chi connectivity index (χ3n) is 3.90. The number of ether oxygens (including phenoxy) is 1. The number of rotatable bonds is 3. The van der Waals surface area contributed by atoms with Crippen LogP contribution in [0.1, 0.15) is 38.2 Å². The molecule has 0 aliphatic carbocycles. The Morgan fingerprint density at radius 2 is 1.55 bits per heavy atom. The molecule has 0 bridgehead atoms. The van der Waals surface area contributed by atoms with Crippen molar-refractivity contribution < 1.29 is 4.74 Å². The second-order valence-corrected chi connectivity index (χ2v) is 6.26. The van der Waals surface area contributed by atoms with E-state index in [1.165, 1.54) is 33.4 Å². The maximum Gasteiger partial charge on any atom is 0.124 e. The molecule has 0 spiro atoms. The molecule has 0 saturated heterocycles. The second kappa shape index (κ2) is 6.01. The predicted octanol–water partition coefficient (Wildman–Crippen LogP) is 5.41. The van der Waals surface area contributed by atoms with Crippen LogP contribution in [0, 0.1) is 27.7 Å². The molecule has 0 aliphatic rings. The summed E-state index contributed by atoms with van der Waals surface area (Å²) in [5.74, 6) is 0.981. The highest BCUT2D eigenvalue weighted by Crippen LogP contribution is 2.36. The van der Waals surface area contributed by atoms with Crippen LogP contribution >= 0.6 is 15.9 Å². The molecule has 1 atom stereocenters. The number of methoxy groups -OCH3 is 1. The third-order valence-corrected chi connectivity index (χ3v) is 4.92. The van der Waals surface area contributed by atoms with Crippen molar-refractivity contribution in [2.45, 2.75) is 32.5 Å². The van der Waals surface area contributed by atoms with Crippen LogP contribution in [0.25, 0.3) is 0 Å². The molecule has 0 radical (unpaired) electrons. The first kappa shape index (κ1) is 15.1. The predicted molar refractivity (Wildman–Crippen MR) is 89.2 cm³/mol. The summed E-state index contributed by atoms with van der Waals surface area (Å²) in [6.45, 7) is 8.53. The summed E-state index contributed by atoms with van der Waals surface area (Å²) in [6, 6.07) is 10.9. The van der Waals surface area contributed by atoms with E-state index in [1.807, 2.05) is 0 Å². The Morgan fingerprint density at radius 3 is 2.10 bits per heavy atom. The van der Waals surface area contributed by atoms with Gasteiger partial charge in [0.05, 0.1) is 11.9 Å². The number of aryl methyl sites for hydroxylation is 3. The zero-order valence-corrected chi connectivity index (χ0v) is 14.3. The van der Waals surface area contributed by atoms with Crippen molar-refractivity contribution in [2.75, 3.05) is 7.11 Å². The molecule has 0 saturated carbocycles. The monoisotopic (exact) mass is 332 g/mol. The molecule has 0 aromatic heterocycles. The van der Waals surface area contributed by atoms with Gasteiger partial charge in [0.2, 0.25) is 0 Å². The minimum Gasteiger partial charge on any atom is -0.496 e. The van der Waals surface area contributed by atoms with Crippen molar-refractivity contribution in [3.05, 3.63) is 63.7 Å². The van der Waals surface area contributed by atoms with Gasteiger partial charge in [0.1, 0.15) is 5.75 Å². The molecule has 1 nitrogen and oxygen atoms in total. The van der Waals surface area contributed by atoms with Gasteiger partial charge < -0.3 is 4.74 Å². The first-order valence-corrected chi connectivity index (χ1v) is 7.72. The van der Waals surface area contributed by atoms with Gasteiger partial charge in [0.25, 0.3) is 0 Å². The van der Waals surface area contributed by atoms with Crippen molar-refractivity contribution in [3.63, 3.8) is 0 Å². The second-order valence-electron chi connectivity index (χ2n) is 5.34. The van der Waals surface area contributed by atoms with E-state index in [4.69, 9.17) is 4.74 Å². The lowest BCUT2D eigenvalue weighted by atomic mass is 9.95. The van der Waals surface area contributed by atoms with Gasteiger partial charge in [0, 0.05) is 0 Å². The van der Waals surface area contributed by atoms with E-state index in [0.717, 1.165) is 5.75 Å². The number of halogens is 1. The summed E-state index contributed by atoms with van der Waals surface area (Å²) in [5, 5.41) is 0. The molecule has 2 aromatic carbocycles. The summed E-state index contributed by atoms with van der Waals surface area (Å²) in [7, 11) is 1.73. The highest BCUT2D eigenvalue weighted by molar-refractivity contribution is 9.09. The van der Waals surface area contributed by atoms with Crippen LogP contribution < -0.4 is 4.74 Å². The average molecular weight is 333 g/mol. The van der Waals surface area contributed by atoms with E-state index < -0.39 is 0 Å². The fraction of sp³-hybridized carbons (Fsp3) is 0.333. The summed E-state index contributed by atoms with van der Waals surface area (Å²) in [5.41, 5.74) is 7.63. The van der Waals surface area contributed by atoms with E-state index in [-0.39, 0.29) is 4.83 Å². The Bertz CT molecular complexity index is 608. The van der Waals surface area contributed by atoms with E-state index in [2.05, 4.69) is 74.0 Å². The molecular weight excluding hydrogens is 312 g/mol. The molecule has 106 valence electrons. The molecule has 20 heavy (non-hydrogen) atoms. The van der Waals surface area contributed by atoms with Crippen molar-refractivity contribution in [2.24, 2.45) is 0 Å². The SMILES string of the molecule is COc1c(C)cc(C(Br)c2cccc(C)c2C)cc1C. The third kappa shape index (κ3) is 2.76. The Hall–Kier alpha value is -1.28. The normalized spacial score (nSPS) is 12.3. The smallest absolute Gasteiger partial charge is 0.124 e. The van der Waals surface area contributed by atoms with Crippen LogP contribution in [0.2, 0.25) is 0 Å². The van der Waals surface area contributed by atoms with Crippen LogP contribution in [0.4, 0.5) is 0 Å². The Balaban J connectivity index is 2.49. The quantitative estimate of drug-likeness (QED) is 0.682. The molecule has 0 amide bonds. The number of benzene rings is 2. The fourth-order valence-electron chi connectivity index (χ4n) is 2.68. The first-order valence-electron chi connectivity index (χ1n) is 6.81. The highest BCUT2D eigenvalue weighted by atomic mass is 79.9. The summed E-state index contributed by atoms with van der Waals surface area (Å²) < 4.78 is 5.44. The van der Waals surface area contributed by atoms with Crippen LogP contribution in [0.15, 0.2) is 30.3 Å². The number of hydrogen-bond donors (Lipinski definition) is 0. The van der Waals surface area contributed by atoms with Gasteiger partial charge in [0.15, 0.2) is 0 Å². The lowest BCUT2D eigenvalue weighted by Gasteiger charge is -2.18. The standard InChI is InChI=1S/C18H21BrO/c1-11-7-6-8-16(14(11)4)17(19)15-9-12(2)18(20-5)13(3)10-15/h6-10,17H,1-5H3. The topological polar surface area (TPSA) is 9.23 Å². The van der Waals surface area contributed by atoms with Crippen LogP contribution in [0.3, 0.4) is 0 Å². The molecule has 2 aromatic rings. The van der Waals surface area contributed by atoms with Gasteiger partial charge in [-0.25, -0.2) is 0 Å². The zero-order chi connectivity index (χ0) is 14.9. The van der Waals surface area contributed by atoms with Crippen molar-refractivity contribution in [3.8, 4) is 5.75 Å². The molecule has 0 heterocycles. The van der Waals surface area contributed by atoms with Crippen LogP contribution in [0.5, 0.6) is 5.75 Å². The van der Waals surface area contributed by atoms with Gasteiger partial charge in [-0.05, 0) is 61.1 Å². The molecule has 0 aliphatic heterocycles. The summed E-state index contributed by atoms with van der Waals surface area (Å²) in [6.07, 6.45) is 0. The van der Waals surface area contributed by atoms with E-state index in [9.17, 15) is 0 Å². The summed E-state index contributed by atoms with van der Waals surface area (Å²) >= 11 is 3.85. The van der Waals surface area contributed by atoms with Gasteiger partial charge in [-0.1, -0.05) is 46.3 Å². The minimum atomic E-state index is 0.214. The Labute approximate surface area is 130 Å². The van der Waals surface area contributed by atoms with Crippen LogP contribution in [-0.2, 0) is 0 Å². The first-order chi connectivity index (χ1) is 9.45. The molecule has 0 fully saturated rings. The lowest BCUT2D eigenvalue weighted by molar-refractivity contribution is 0.408. The Kier molecular flexibility index (Phi) is 4.54. The molecule has 0 N–H and O–H groups in total. The lowest BCUT2D eigenvalue weighted by Crippen LogP contribution is -2.00. The fourth-order valence-corrected chi connectivity index (χ4v) is 3.44. The molecule has 2 rings (SSSR count). The highest BCUT2D eigenvalue weighted by Gasteiger charge is 2.16. The van der Waals surface area contributed by atoms with Gasteiger partial charge in [-0.3, -0.25) is 0 Å². The van der Waals surface area contributed by atoms with Crippen molar-refractivity contribution in [1.29, 1.82) is 0 Å². The van der Waals surface area contributed by atoms with E-state index in [0.29, 0.717) is 0 Å². The van der Waals surface area contributed by atoms with Gasteiger partial charge in [-0.15, -0.1) is 0 Å². The average Bonchev–Trinajstić information content (AvgIpc) is 2.41. The number of alkyl halides is 1. The number of hydrogen-bond acceptors (Lipinski definition) is 1. The summed E-state index contributed by atoms with van der Waals surface area (Å²) in [4.78, 5) is 0.214. The Morgan fingerprint density at radius 1 is 0.950 bits per heavy atom. The zero-order valence-electron chi connectivity index (χ0n) is 12.8. The van der Waals surface area contributed by atoms with Crippen LogP contribution in [-0.4, -0.2) is 7.11 Å². The van der Waals surface area contributed by atoms with E-state index >= 15 is 0 Å². The largest absolute Gasteiger partial charge is 0.496 e. The van der Waals surface area contributed by atoms with Gasteiger partial charge in [-0.2, -0.15) is 0 Å². The molecular formula is C18H21BrO. The molecule has 1 unspecified atom stereocenters.